The van der Waals surface area contributed by atoms with Gasteiger partial charge < -0.3 is 5.11 Å². The van der Waals surface area contributed by atoms with Crippen molar-refractivity contribution in [3.8, 4) is 0 Å². The summed E-state index contributed by atoms with van der Waals surface area (Å²) in [5.41, 5.74) is -0.377. The highest BCUT2D eigenvalue weighted by molar-refractivity contribution is 5.75. The number of aliphatic carboxylic acids is 1. The van der Waals surface area contributed by atoms with Crippen LogP contribution in [0.25, 0.3) is 0 Å². The van der Waals surface area contributed by atoms with Crippen molar-refractivity contribution in [1.29, 1.82) is 0 Å². The molecule has 2 nitrogen and oxygen atoms in total. The predicted molar refractivity (Wildman–Crippen MR) is 96.5 cm³/mol. The maximum atomic E-state index is 12.1. The zero-order valence-corrected chi connectivity index (χ0v) is 15.5. The zero-order chi connectivity index (χ0) is 16.7. The van der Waals surface area contributed by atoms with E-state index in [0.29, 0.717) is 5.92 Å². The highest BCUT2D eigenvalue weighted by Crippen LogP contribution is 2.51. The Morgan fingerprint density at radius 2 is 1.48 bits per heavy atom. The van der Waals surface area contributed by atoms with Crippen LogP contribution in [0, 0.1) is 23.2 Å². The fourth-order valence-corrected chi connectivity index (χ4v) is 5.37. The van der Waals surface area contributed by atoms with Crippen LogP contribution in [0.4, 0.5) is 0 Å². The first-order chi connectivity index (χ1) is 11.1. The first-order valence-electron chi connectivity index (χ1n) is 10.4. The van der Waals surface area contributed by atoms with E-state index >= 15 is 0 Å². The molecule has 0 aliphatic heterocycles. The molecule has 0 bridgehead atoms. The van der Waals surface area contributed by atoms with E-state index in [2.05, 4.69) is 13.8 Å². The molecule has 0 aromatic heterocycles. The third-order valence-electron chi connectivity index (χ3n) is 6.96. The molecule has 0 saturated heterocycles. The van der Waals surface area contributed by atoms with Gasteiger partial charge in [-0.1, -0.05) is 65.2 Å². The van der Waals surface area contributed by atoms with Crippen molar-refractivity contribution in [2.75, 3.05) is 0 Å². The molecule has 2 aliphatic rings. The minimum atomic E-state index is -0.483. The van der Waals surface area contributed by atoms with Crippen molar-refractivity contribution in [3.63, 3.8) is 0 Å². The predicted octanol–water partition coefficient (Wildman–Crippen LogP) is 6.43. The zero-order valence-electron chi connectivity index (χ0n) is 15.5. The van der Waals surface area contributed by atoms with Gasteiger partial charge in [0.25, 0.3) is 0 Å². The first kappa shape index (κ1) is 18.8. The van der Waals surface area contributed by atoms with Crippen LogP contribution >= 0.6 is 0 Å². The lowest BCUT2D eigenvalue weighted by molar-refractivity contribution is -0.157. The number of rotatable bonds is 8. The second kappa shape index (κ2) is 9.08. The number of carboxylic acids is 1. The van der Waals surface area contributed by atoms with Crippen molar-refractivity contribution in [2.45, 2.75) is 104 Å². The maximum absolute atomic E-state index is 12.1. The number of hydrogen-bond acceptors (Lipinski definition) is 1. The van der Waals surface area contributed by atoms with E-state index in [9.17, 15) is 9.90 Å². The van der Waals surface area contributed by atoms with E-state index in [0.717, 1.165) is 50.4 Å². The SMILES string of the molecule is CCCCCC1CCC(C(=O)O)(C2CCC(CCC)CC2)CC1. The minimum Gasteiger partial charge on any atom is -0.481 e. The Bertz CT molecular complexity index is 347. The average Bonchev–Trinajstić information content (AvgIpc) is 2.57. The lowest BCUT2D eigenvalue weighted by atomic mass is 9.58. The quantitative estimate of drug-likeness (QED) is 0.522. The van der Waals surface area contributed by atoms with Crippen molar-refractivity contribution in [2.24, 2.45) is 23.2 Å². The Morgan fingerprint density at radius 3 is 2.00 bits per heavy atom. The molecule has 0 radical (unpaired) electrons. The molecule has 2 fully saturated rings. The van der Waals surface area contributed by atoms with Crippen LogP contribution in [0.1, 0.15) is 104 Å². The summed E-state index contributed by atoms with van der Waals surface area (Å²) in [4.78, 5) is 12.1. The van der Waals surface area contributed by atoms with Crippen LogP contribution in [0.3, 0.4) is 0 Å². The Hall–Kier alpha value is -0.530. The maximum Gasteiger partial charge on any atom is 0.309 e. The van der Waals surface area contributed by atoms with Crippen LogP contribution in [0.2, 0.25) is 0 Å². The van der Waals surface area contributed by atoms with E-state index in [1.807, 2.05) is 0 Å². The van der Waals surface area contributed by atoms with Crippen LogP contribution < -0.4 is 0 Å². The van der Waals surface area contributed by atoms with E-state index < -0.39 is 5.97 Å². The normalized spacial score (nSPS) is 35.1. The lowest BCUT2D eigenvalue weighted by Crippen LogP contribution is -2.43. The Balaban J connectivity index is 1.88. The smallest absolute Gasteiger partial charge is 0.309 e. The molecule has 2 rings (SSSR count). The highest BCUT2D eigenvalue weighted by atomic mass is 16.4. The monoisotopic (exact) mass is 322 g/mol. The molecule has 23 heavy (non-hydrogen) atoms. The summed E-state index contributed by atoms with van der Waals surface area (Å²) in [6, 6.07) is 0. The summed E-state index contributed by atoms with van der Waals surface area (Å²) in [6.07, 6.45) is 17.0. The van der Waals surface area contributed by atoms with Crippen molar-refractivity contribution >= 4 is 5.97 Å². The molecule has 0 amide bonds. The van der Waals surface area contributed by atoms with E-state index in [-0.39, 0.29) is 5.41 Å². The molecule has 0 atom stereocenters. The highest BCUT2D eigenvalue weighted by Gasteiger charge is 2.48. The fourth-order valence-electron chi connectivity index (χ4n) is 5.37. The van der Waals surface area contributed by atoms with Gasteiger partial charge in [-0.15, -0.1) is 0 Å². The van der Waals surface area contributed by atoms with E-state index in [1.54, 1.807) is 0 Å². The number of unbranched alkanes of at least 4 members (excludes halogenated alkanes) is 2. The Kier molecular flexibility index (Phi) is 7.43. The molecule has 2 saturated carbocycles. The molecule has 2 heteroatoms. The second-order valence-electron chi connectivity index (χ2n) is 8.41. The van der Waals surface area contributed by atoms with Gasteiger partial charge in [0.1, 0.15) is 0 Å². The number of carboxylic acid groups (broad SMARTS) is 1. The first-order valence-corrected chi connectivity index (χ1v) is 10.4. The lowest BCUT2D eigenvalue weighted by Gasteiger charge is -2.45. The topological polar surface area (TPSA) is 37.3 Å². The van der Waals surface area contributed by atoms with Crippen LogP contribution in [-0.4, -0.2) is 11.1 Å². The summed E-state index contributed by atoms with van der Waals surface area (Å²) >= 11 is 0. The molecule has 0 aromatic carbocycles. The molecule has 0 aromatic rings. The van der Waals surface area contributed by atoms with Crippen LogP contribution in [0.5, 0.6) is 0 Å². The number of hydrogen-bond donors (Lipinski definition) is 1. The van der Waals surface area contributed by atoms with Gasteiger partial charge in [0.15, 0.2) is 0 Å². The van der Waals surface area contributed by atoms with Gasteiger partial charge in [-0.05, 0) is 56.3 Å². The summed E-state index contributed by atoms with van der Waals surface area (Å²) < 4.78 is 0. The van der Waals surface area contributed by atoms with Gasteiger partial charge >= 0.3 is 5.97 Å². The largest absolute Gasteiger partial charge is 0.481 e. The van der Waals surface area contributed by atoms with Gasteiger partial charge in [0, 0.05) is 0 Å². The standard InChI is InChI=1S/C21H38O2/c1-3-5-6-8-18-13-15-21(16-14-18,20(22)23)19-11-9-17(7-4-2)10-12-19/h17-19H,3-16H2,1-2H3,(H,22,23). The van der Waals surface area contributed by atoms with Gasteiger partial charge in [-0.2, -0.15) is 0 Å². The minimum absolute atomic E-state index is 0.377. The third-order valence-corrected chi connectivity index (χ3v) is 6.96. The molecular weight excluding hydrogens is 284 g/mol. The van der Waals surface area contributed by atoms with Crippen molar-refractivity contribution < 1.29 is 9.90 Å². The fraction of sp³-hybridized carbons (Fsp3) is 0.952. The van der Waals surface area contributed by atoms with Gasteiger partial charge in [0.2, 0.25) is 0 Å². The second-order valence-corrected chi connectivity index (χ2v) is 8.41. The van der Waals surface area contributed by atoms with Gasteiger partial charge in [-0.25, -0.2) is 0 Å². The van der Waals surface area contributed by atoms with Crippen LogP contribution in [0.15, 0.2) is 0 Å². The summed E-state index contributed by atoms with van der Waals surface area (Å²) in [6.45, 7) is 4.52. The van der Waals surface area contributed by atoms with Gasteiger partial charge in [-0.3, -0.25) is 4.79 Å². The summed E-state index contributed by atoms with van der Waals surface area (Å²) in [5, 5.41) is 10.0. The molecule has 0 heterocycles. The van der Waals surface area contributed by atoms with Crippen LogP contribution in [-0.2, 0) is 4.79 Å². The molecule has 0 spiro atoms. The van der Waals surface area contributed by atoms with Crippen molar-refractivity contribution in [1.82, 2.24) is 0 Å². The van der Waals surface area contributed by atoms with Crippen molar-refractivity contribution in [3.05, 3.63) is 0 Å². The van der Waals surface area contributed by atoms with E-state index in [1.165, 1.54) is 51.4 Å². The third kappa shape index (κ3) is 4.73. The Morgan fingerprint density at radius 1 is 0.870 bits per heavy atom. The molecule has 1 N–H and O–H groups in total. The van der Waals surface area contributed by atoms with E-state index in [4.69, 9.17) is 0 Å². The molecular formula is C21H38O2. The summed E-state index contributed by atoms with van der Waals surface area (Å²) in [7, 11) is 0. The number of carbonyl (C=O) groups is 1. The summed E-state index contributed by atoms with van der Waals surface area (Å²) in [5.74, 6) is 1.63. The average molecular weight is 323 g/mol. The molecule has 0 unspecified atom stereocenters. The van der Waals surface area contributed by atoms with Gasteiger partial charge in [0.05, 0.1) is 5.41 Å². The molecule has 2 aliphatic carbocycles. The Labute approximate surface area is 143 Å². The molecule has 134 valence electrons.